The standard InChI is InChI=1S/C11H24N2O3/c1-4-11(5-2,9-14)13-10(15)8-12-6-7-16-3/h12,14H,4-9H2,1-3H3,(H,13,15). The summed E-state index contributed by atoms with van der Waals surface area (Å²) in [5, 5.41) is 15.1. The molecule has 0 aliphatic carbocycles. The van der Waals surface area contributed by atoms with Crippen LogP contribution in [-0.4, -0.2) is 50.0 Å². The smallest absolute Gasteiger partial charge is 0.234 e. The van der Waals surface area contributed by atoms with Crippen LogP contribution in [0.4, 0.5) is 0 Å². The van der Waals surface area contributed by atoms with Crippen LogP contribution < -0.4 is 10.6 Å². The number of carbonyl (C=O) groups excluding carboxylic acids is 1. The number of methoxy groups -OCH3 is 1. The number of aliphatic hydroxyl groups is 1. The number of aliphatic hydroxyl groups excluding tert-OH is 1. The number of hydrogen-bond donors (Lipinski definition) is 3. The summed E-state index contributed by atoms with van der Waals surface area (Å²) in [4.78, 5) is 11.6. The maximum Gasteiger partial charge on any atom is 0.234 e. The SMILES string of the molecule is CCC(CC)(CO)NC(=O)CNCCOC. The van der Waals surface area contributed by atoms with Gasteiger partial charge in [-0.05, 0) is 12.8 Å². The lowest BCUT2D eigenvalue weighted by atomic mass is 9.94. The van der Waals surface area contributed by atoms with Gasteiger partial charge in [-0.2, -0.15) is 0 Å². The Morgan fingerprint density at radius 3 is 2.44 bits per heavy atom. The molecule has 0 aliphatic heterocycles. The zero-order valence-electron chi connectivity index (χ0n) is 10.5. The molecule has 0 bridgehead atoms. The summed E-state index contributed by atoms with van der Waals surface area (Å²) in [6.45, 7) is 5.37. The molecule has 0 radical (unpaired) electrons. The highest BCUT2D eigenvalue weighted by molar-refractivity contribution is 5.78. The van der Waals surface area contributed by atoms with E-state index < -0.39 is 5.54 Å². The predicted molar refractivity (Wildman–Crippen MR) is 63.3 cm³/mol. The molecule has 0 aliphatic rings. The Morgan fingerprint density at radius 2 is 2.00 bits per heavy atom. The fourth-order valence-corrected chi connectivity index (χ4v) is 1.41. The van der Waals surface area contributed by atoms with Crippen molar-refractivity contribution in [3.8, 4) is 0 Å². The minimum absolute atomic E-state index is 0.0240. The van der Waals surface area contributed by atoms with Crippen LogP contribution in [-0.2, 0) is 9.53 Å². The van der Waals surface area contributed by atoms with E-state index >= 15 is 0 Å². The van der Waals surface area contributed by atoms with Crippen molar-refractivity contribution in [3.63, 3.8) is 0 Å². The quantitative estimate of drug-likeness (QED) is 0.485. The van der Waals surface area contributed by atoms with Crippen LogP contribution in [0, 0.1) is 0 Å². The molecule has 0 heterocycles. The van der Waals surface area contributed by atoms with Gasteiger partial charge in [0.15, 0.2) is 0 Å². The van der Waals surface area contributed by atoms with Gasteiger partial charge in [-0.15, -0.1) is 0 Å². The molecular formula is C11H24N2O3. The second-order valence-corrected chi connectivity index (χ2v) is 3.86. The molecule has 0 aromatic rings. The normalized spacial score (nSPS) is 11.5. The third-order valence-corrected chi connectivity index (χ3v) is 2.83. The topological polar surface area (TPSA) is 70.6 Å². The molecular weight excluding hydrogens is 208 g/mol. The molecule has 16 heavy (non-hydrogen) atoms. The van der Waals surface area contributed by atoms with E-state index in [-0.39, 0.29) is 19.1 Å². The molecule has 5 heteroatoms. The number of carbonyl (C=O) groups is 1. The number of amides is 1. The minimum Gasteiger partial charge on any atom is -0.394 e. The molecule has 0 saturated carbocycles. The predicted octanol–water partition coefficient (Wildman–Crippen LogP) is -0.110. The summed E-state index contributed by atoms with van der Waals surface area (Å²) in [5.41, 5.74) is -0.472. The molecule has 0 aromatic carbocycles. The second-order valence-electron chi connectivity index (χ2n) is 3.86. The van der Waals surface area contributed by atoms with Gasteiger partial charge >= 0.3 is 0 Å². The number of hydrogen-bond acceptors (Lipinski definition) is 4. The zero-order valence-corrected chi connectivity index (χ0v) is 10.5. The fraction of sp³-hybridized carbons (Fsp3) is 0.909. The van der Waals surface area contributed by atoms with Gasteiger partial charge in [-0.3, -0.25) is 4.79 Å². The van der Waals surface area contributed by atoms with Gasteiger partial charge in [0.05, 0.1) is 25.3 Å². The van der Waals surface area contributed by atoms with E-state index in [9.17, 15) is 9.90 Å². The molecule has 0 atom stereocenters. The molecule has 0 unspecified atom stereocenters. The van der Waals surface area contributed by atoms with Crippen LogP contribution in [0.5, 0.6) is 0 Å². The summed E-state index contributed by atoms with van der Waals surface area (Å²) in [5.74, 6) is -0.0890. The highest BCUT2D eigenvalue weighted by atomic mass is 16.5. The third kappa shape index (κ3) is 5.44. The van der Waals surface area contributed by atoms with Crippen LogP contribution in [0.15, 0.2) is 0 Å². The molecule has 0 saturated heterocycles. The molecule has 0 rings (SSSR count). The molecule has 0 aromatic heterocycles. The Balaban J connectivity index is 3.91. The Labute approximate surface area is 97.6 Å². The van der Waals surface area contributed by atoms with E-state index in [0.29, 0.717) is 13.2 Å². The van der Waals surface area contributed by atoms with Crippen LogP contribution in [0.1, 0.15) is 26.7 Å². The Bertz CT molecular complexity index is 185. The van der Waals surface area contributed by atoms with Crippen LogP contribution in [0.3, 0.4) is 0 Å². The van der Waals surface area contributed by atoms with Gasteiger partial charge in [-0.25, -0.2) is 0 Å². The van der Waals surface area contributed by atoms with Crippen molar-refractivity contribution in [2.45, 2.75) is 32.2 Å². The summed E-state index contributed by atoms with van der Waals surface area (Å²) < 4.78 is 4.85. The minimum atomic E-state index is -0.472. The van der Waals surface area contributed by atoms with Crippen LogP contribution >= 0.6 is 0 Å². The van der Waals surface area contributed by atoms with E-state index in [1.165, 1.54) is 0 Å². The summed E-state index contributed by atoms with van der Waals surface area (Å²) in [7, 11) is 1.62. The highest BCUT2D eigenvalue weighted by Gasteiger charge is 2.26. The number of nitrogens with one attached hydrogen (secondary N) is 2. The van der Waals surface area contributed by atoms with Crippen molar-refractivity contribution >= 4 is 5.91 Å². The maximum absolute atomic E-state index is 11.6. The van der Waals surface area contributed by atoms with Gasteiger partial charge in [0.2, 0.25) is 5.91 Å². The molecule has 0 fully saturated rings. The van der Waals surface area contributed by atoms with Crippen molar-refractivity contribution < 1.29 is 14.6 Å². The average Bonchev–Trinajstić information content (AvgIpc) is 2.32. The van der Waals surface area contributed by atoms with Gasteiger partial charge < -0.3 is 20.5 Å². The first-order chi connectivity index (χ1) is 7.64. The number of ether oxygens (including phenoxy) is 1. The van der Waals surface area contributed by atoms with E-state index in [1.54, 1.807) is 7.11 Å². The van der Waals surface area contributed by atoms with E-state index in [2.05, 4.69) is 10.6 Å². The van der Waals surface area contributed by atoms with E-state index in [0.717, 1.165) is 12.8 Å². The van der Waals surface area contributed by atoms with Gasteiger partial charge in [0.1, 0.15) is 0 Å². The Morgan fingerprint density at radius 1 is 1.38 bits per heavy atom. The lowest BCUT2D eigenvalue weighted by Gasteiger charge is -2.30. The van der Waals surface area contributed by atoms with Gasteiger partial charge in [-0.1, -0.05) is 13.8 Å². The Kier molecular flexibility index (Phi) is 8.15. The Hall–Kier alpha value is -0.650. The maximum atomic E-state index is 11.6. The molecule has 1 amide bonds. The van der Waals surface area contributed by atoms with Gasteiger partial charge in [0.25, 0.3) is 0 Å². The largest absolute Gasteiger partial charge is 0.394 e. The zero-order chi connectivity index (χ0) is 12.4. The molecule has 5 nitrogen and oxygen atoms in total. The van der Waals surface area contributed by atoms with Crippen molar-refractivity contribution in [1.29, 1.82) is 0 Å². The van der Waals surface area contributed by atoms with Crippen molar-refractivity contribution in [1.82, 2.24) is 10.6 Å². The lowest BCUT2D eigenvalue weighted by Crippen LogP contribution is -2.52. The van der Waals surface area contributed by atoms with E-state index in [1.807, 2.05) is 13.8 Å². The first-order valence-electron chi connectivity index (χ1n) is 5.75. The summed E-state index contributed by atoms with van der Waals surface area (Å²) in [6, 6.07) is 0. The first kappa shape index (κ1) is 15.3. The summed E-state index contributed by atoms with van der Waals surface area (Å²) >= 11 is 0. The summed E-state index contributed by atoms with van der Waals surface area (Å²) in [6.07, 6.45) is 1.45. The van der Waals surface area contributed by atoms with E-state index in [4.69, 9.17) is 4.74 Å². The number of rotatable bonds is 9. The third-order valence-electron chi connectivity index (χ3n) is 2.83. The van der Waals surface area contributed by atoms with Crippen molar-refractivity contribution in [3.05, 3.63) is 0 Å². The first-order valence-corrected chi connectivity index (χ1v) is 5.75. The monoisotopic (exact) mass is 232 g/mol. The van der Waals surface area contributed by atoms with Crippen molar-refractivity contribution in [2.75, 3.05) is 33.4 Å². The van der Waals surface area contributed by atoms with Gasteiger partial charge in [0, 0.05) is 13.7 Å². The molecule has 0 spiro atoms. The lowest BCUT2D eigenvalue weighted by molar-refractivity contribution is -0.123. The fourth-order valence-electron chi connectivity index (χ4n) is 1.41. The molecule has 3 N–H and O–H groups in total. The average molecular weight is 232 g/mol. The second kappa shape index (κ2) is 8.50. The molecule has 96 valence electrons. The van der Waals surface area contributed by atoms with Crippen LogP contribution in [0.25, 0.3) is 0 Å². The highest BCUT2D eigenvalue weighted by Crippen LogP contribution is 2.13. The van der Waals surface area contributed by atoms with Crippen LogP contribution in [0.2, 0.25) is 0 Å². The van der Waals surface area contributed by atoms with Crippen molar-refractivity contribution in [2.24, 2.45) is 0 Å².